The first-order chi connectivity index (χ1) is 8.11. The van der Waals surface area contributed by atoms with E-state index in [4.69, 9.17) is 0 Å². The molecule has 0 radical (unpaired) electrons. The monoisotopic (exact) mass is 233 g/mol. The average Bonchev–Trinajstić information content (AvgIpc) is 2.31. The largest absolute Gasteiger partial charge is 0.331 e. The fourth-order valence-electron chi connectivity index (χ4n) is 1.53. The van der Waals surface area contributed by atoms with Gasteiger partial charge in [-0.1, -0.05) is 24.3 Å². The number of amides is 1. The lowest BCUT2D eigenvalue weighted by atomic mass is 10.1. The molecular formula is C14H16FNO. The molecule has 0 fully saturated rings. The Hall–Kier alpha value is -1.90. The molecule has 0 aliphatic carbocycles. The van der Waals surface area contributed by atoms with Gasteiger partial charge in [0.25, 0.3) is 5.91 Å². The molecule has 1 aromatic carbocycles. The van der Waals surface area contributed by atoms with E-state index in [-0.39, 0.29) is 11.5 Å². The second kappa shape index (κ2) is 5.99. The first-order valence-electron chi connectivity index (χ1n) is 5.38. The van der Waals surface area contributed by atoms with E-state index >= 15 is 0 Å². The van der Waals surface area contributed by atoms with Gasteiger partial charge in [-0.2, -0.15) is 0 Å². The van der Waals surface area contributed by atoms with Gasteiger partial charge in [-0.05, 0) is 18.6 Å². The van der Waals surface area contributed by atoms with Gasteiger partial charge in [0.15, 0.2) is 0 Å². The number of carbonyl (C=O) groups is 1. The summed E-state index contributed by atoms with van der Waals surface area (Å²) in [6.07, 6.45) is 3.21. The van der Waals surface area contributed by atoms with E-state index in [0.29, 0.717) is 18.7 Å². The Labute approximate surface area is 101 Å². The zero-order valence-corrected chi connectivity index (χ0v) is 9.95. The van der Waals surface area contributed by atoms with Crippen molar-refractivity contribution in [2.75, 3.05) is 13.1 Å². The normalized spacial score (nSPS) is 9.76. The fourth-order valence-corrected chi connectivity index (χ4v) is 1.53. The van der Waals surface area contributed by atoms with Gasteiger partial charge in [0.2, 0.25) is 0 Å². The van der Waals surface area contributed by atoms with Crippen LogP contribution >= 0.6 is 0 Å². The first kappa shape index (κ1) is 13.2. The molecule has 0 N–H and O–H groups in total. The van der Waals surface area contributed by atoms with E-state index in [1.165, 1.54) is 11.0 Å². The van der Waals surface area contributed by atoms with E-state index in [0.717, 1.165) is 0 Å². The standard InChI is InChI=1S/C14H16FNO/c1-4-9-16(10-5-2)14(17)12-8-6-7-11(3)13(12)15/h4-8H,1-2,9-10H2,3H3. The summed E-state index contributed by atoms with van der Waals surface area (Å²) in [6, 6.07) is 4.80. The number of aryl methyl sites for hydroxylation is 1. The van der Waals surface area contributed by atoms with Crippen LogP contribution in [0.3, 0.4) is 0 Å². The van der Waals surface area contributed by atoms with Crippen LogP contribution in [-0.4, -0.2) is 23.9 Å². The Kier molecular flexibility index (Phi) is 4.64. The number of carbonyl (C=O) groups excluding carboxylic acids is 1. The fraction of sp³-hybridized carbons (Fsp3) is 0.214. The van der Waals surface area contributed by atoms with Gasteiger partial charge >= 0.3 is 0 Å². The van der Waals surface area contributed by atoms with Crippen LogP contribution in [0.2, 0.25) is 0 Å². The predicted molar refractivity (Wildman–Crippen MR) is 67.4 cm³/mol. The van der Waals surface area contributed by atoms with Gasteiger partial charge in [-0.3, -0.25) is 4.79 Å². The molecule has 90 valence electrons. The summed E-state index contributed by atoms with van der Waals surface area (Å²) in [6.45, 7) is 9.54. The van der Waals surface area contributed by atoms with E-state index in [2.05, 4.69) is 13.2 Å². The van der Waals surface area contributed by atoms with Crippen LogP contribution in [0.4, 0.5) is 4.39 Å². The molecule has 0 aliphatic heterocycles. The summed E-state index contributed by atoms with van der Waals surface area (Å²) < 4.78 is 13.8. The Bertz CT molecular complexity index is 430. The highest BCUT2D eigenvalue weighted by atomic mass is 19.1. The number of hydrogen-bond donors (Lipinski definition) is 0. The molecule has 3 heteroatoms. The molecule has 0 saturated carbocycles. The topological polar surface area (TPSA) is 20.3 Å². The Balaban J connectivity index is 3.04. The van der Waals surface area contributed by atoms with Crippen LogP contribution in [0, 0.1) is 12.7 Å². The van der Waals surface area contributed by atoms with Crippen molar-refractivity contribution in [3.63, 3.8) is 0 Å². The van der Waals surface area contributed by atoms with E-state index < -0.39 is 5.82 Å². The number of hydrogen-bond acceptors (Lipinski definition) is 1. The minimum absolute atomic E-state index is 0.0914. The molecule has 1 rings (SSSR count). The van der Waals surface area contributed by atoms with Gasteiger partial charge in [0.1, 0.15) is 5.82 Å². The van der Waals surface area contributed by atoms with Gasteiger partial charge in [-0.25, -0.2) is 4.39 Å². The van der Waals surface area contributed by atoms with E-state index in [1.807, 2.05) is 0 Å². The highest BCUT2D eigenvalue weighted by Crippen LogP contribution is 2.14. The van der Waals surface area contributed by atoms with Crippen molar-refractivity contribution in [1.82, 2.24) is 4.90 Å². The van der Waals surface area contributed by atoms with Gasteiger partial charge in [-0.15, -0.1) is 13.2 Å². The van der Waals surface area contributed by atoms with Crippen molar-refractivity contribution in [2.24, 2.45) is 0 Å². The molecule has 0 spiro atoms. The molecule has 0 saturated heterocycles. The van der Waals surface area contributed by atoms with Crippen molar-refractivity contribution in [2.45, 2.75) is 6.92 Å². The predicted octanol–water partition coefficient (Wildman–Crippen LogP) is 2.95. The Morgan fingerprint density at radius 3 is 2.47 bits per heavy atom. The first-order valence-corrected chi connectivity index (χ1v) is 5.38. The maximum atomic E-state index is 13.8. The summed E-state index contributed by atoms with van der Waals surface area (Å²) in [5.41, 5.74) is 0.557. The Morgan fingerprint density at radius 2 is 1.94 bits per heavy atom. The SMILES string of the molecule is C=CCN(CC=C)C(=O)c1cccc(C)c1F. The van der Waals surface area contributed by atoms with Gasteiger partial charge in [0.05, 0.1) is 5.56 Å². The molecule has 1 aromatic rings. The number of rotatable bonds is 5. The Morgan fingerprint density at radius 1 is 1.35 bits per heavy atom. The van der Waals surface area contributed by atoms with Crippen LogP contribution in [-0.2, 0) is 0 Å². The third-order valence-electron chi connectivity index (χ3n) is 2.41. The molecule has 0 aromatic heterocycles. The molecule has 2 nitrogen and oxygen atoms in total. The lowest BCUT2D eigenvalue weighted by Crippen LogP contribution is -2.32. The third kappa shape index (κ3) is 3.03. The average molecular weight is 233 g/mol. The molecule has 0 bridgehead atoms. The highest BCUT2D eigenvalue weighted by Gasteiger charge is 2.18. The highest BCUT2D eigenvalue weighted by molar-refractivity contribution is 5.94. The lowest BCUT2D eigenvalue weighted by molar-refractivity contribution is 0.0786. The molecule has 0 atom stereocenters. The number of nitrogens with zero attached hydrogens (tertiary/aromatic N) is 1. The summed E-state index contributed by atoms with van der Waals surface area (Å²) in [7, 11) is 0. The van der Waals surface area contributed by atoms with Gasteiger partial charge in [0, 0.05) is 13.1 Å². The lowest BCUT2D eigenvalue weighted by Gasteiger charge is -2.19. The molecule has 0 aliphatic rings. The second-order valence-corrected chi connectivity index (χ2v) is 3.72. The van der Waals surface area contributed by atoms with E-state index in [1.54, 1.807) is 31.2 Å². The minimum Gasteiger partial charge on any atom is -0.331 e. The summed E-state index contributed by atoms with van der Waals surface area (Å²) in [4.78, 5) is 13.6. The molecule has 17 heavy (non-hydrogen) atoms. The quantitative estimate of drug-likeness (QED) is 0.716. The molecule has 1 amide bonds. The summed E-state index contributed by atoms with van der Waals surface area (Å²) in [5.74, 6) is -0.804. The van der Waals surface area contributed by atoms with E-state index in [9.17, 15) is 9.18 Å². The van der Waals surface area contributed by atoms with Crippen molar-refractivity contribution in [1.29, 1.82) is 0 Å². The van der Waals surface area contributed by atoms with Crippen LogP contribution in [0.5, 0.6) is 0 Å². The zero-order valence-electron chi connectivity index (χ0n) is 9.95. The van der Waals surface area contributed by atoms with Crippen LogP contribution < -0.4 is 0 Å². The zero-order chi connectivity index (χ0) is 12.8. The molecular weight excluding hydrogens is 217 g/mol. The van der Waals surface area contributed by atoms with Crippen molar-refractivity contribution >= 4 is 5.91 Å². The second-order valence-electron chi connectivity index (χ2n) is 3.72. The maximum Gasteiger partial charge on any atom is 0.257 e. The number of benzene rings is 1. The molecule has 0 unspecified atom stereocenters. The number of halogens is 1. The van der Waals surface area contributed by atoms with Crippen LogP contribution in [0.15, 0.2) is 43.5 Å². The summed E-state index contributed by atoms with van der Waals surface area (Å²) in [5, 5.41) is 0. The van der Waals surface area contributed by atoms with Gasteiger partial charge < -0.3 is 4.90 Å². The minimum atomic E-state index is -0.462. The maximum absolute atomic E-state index is 13.8. The van der Waals surface area contributed by atoms with Crippen molar-refractivity contribution < 1.29 is 9.18 Å². The van der Waals surface area contributed by atoms with Crippen molar-refractivity contribution in [3.05, 3.63) is 60.5 Å². The molecule has 0 heterocycles. The van der Waals surface area contributed by atoms with Crippen LogP contribution in [0.1, 0.15) is 15.9 Å². The van der Waals surface area contributed by atoms with Crippen LogP contribution in [0.25, 0.3) is 0 Å². The third-order valence-corrected chi connectivity index (χ3v) is 2.41. The summed E-state index contributed by atoms with van der Waals surface area (Å²) >= 11 is 0. The smallest absolute Gasteiger partial charge is 0.257 e. The van der Waals surface area contributed by atoms with Crippen molar-refractivity contribution in [3.8, 4) is 0 Å².